The summed E-state index contributed by atoms with van der Waals surface area (Å²) in [7, 11) is 0. The standard InChI is InChI=1S/C28H23NO/c1-28(2)25-13-6-5-11-24(25)26(29-28)18-19-14-16-21(17-15-19)27(30)23-12-7-9-20-8-3-4-10-22(20)23/h3-17H,18H2,1-2H3. The van der Waals surface area contributed by atoms with Crippen molar-refractivity contribution in [2.45, 2.75) is 25.8 Å². The van der Waals surface area contributed by atoms with Crippen molar-refractivity contribution in [3.05, 3.63) is 119 Å². The van der Waals surface area contributed by atoms with Crippen molar-refractivity contribution in [1.82, 2.24) is 0 Å². The van der Waals surface area contributed by atoms with Gasteiger partial charge in [0.2, 0.25) is 0 Å². The van der Waals surface area contributed by atoms with Gasteiger partial charge in [0.1, 0.15) is 0 Å². The van der Waals surface area contributed by atoms with Crippen molar-refractivity contribution in [3.63, 3.8) is 0 Å². The molecule has 0 fully saturated rings. The molecule has 0 atom stereocenters. The number of benzene rings is 4. The smallest absolute Gasteiger partial charge is 0.193 e. The van der Waals surface area contributed by atoms with Crippen LogP contribution in [-0.2, 0) is 12.0 Å². The van der Waals surface area contributed by atoms with E-state index in [1.54, 1.807) is 0 Å². The van der Waals surface area contributed by atoms with Gasteiger partial charge < -0.3 is 0 Å². The fourth-order valence-electron chi connectivity index (χ4n) is 4.41. The van der Waals surface area contributed by atoms with Crippen molar-refractivity contribution in [3.8, 4) is 0 Å². The number of hydrogen-bond acceptors (Lipinski definition) is 2. The van der Waals surface area contributed by atoms with Gasteiger partial charge in [-0.1, -0.05) is 91.0 Å². The molecular weight excluding hydrogens is 366 g/mol. The molecule has 0 saturated heterocycles. The predicted molar refractivity (Wildman–Crippen MR) is 124 cm³/mol. The predicted octanol–water partition coefficient (Wildman–Crippen LogP) is 6.35. The highest BCUT2D eigenvalue weighted by Gasteiger charge is 2.30. The molecule has 0 aliphatic carbocycles. The molecule has 1 aliphatic heterocycles. The minimum Gasteiger partial charge on any atom is -0.289 e. The van der Waals surface area contributed by atoms with Gasteiger partial charge in [-0.05, 0) is 35.7 Å². The summed E-state index contributed by atoms with van der Waals surface area (Å²) in [4.78, 5) is 18.1. The lowest BCUT2D eigenvalue weighted by Crippen LogP contribution is -2.09. The van der Waals surface area contributed by atoms with Gasteiger partial charge in [-0.3, -0.25) is 9.79 Å². The van der Waals surface area contributed by atoms with Crippen molar-refractivity contribution in [2.24, 2.45) is 4.99 Å². The number of rotatable bonds is 4. The van der Waals surface area contributed by atoms with Gasteiger partial charge in [-0.25, -0.2) is 0 Å². The quantitative estimate of drug-likeness (QED) is 0.374. The summed E-state index contributed by atoms with van der Waals surface area (Å²) in [5.41, 5.74) is 6.07. The summed E-state index contributed by atoms with van der Waals surface area (Å²) < 4.78 is 0. The van der Waals surface area contributed by atoms with Gasteiger partial charge >= 0.3 is 0 Å². The highest BCUT2D eigenvalue weighted by atomic mass is 16.1. The van der Waals surface area contributed by atoms with Crippen LogP contribution in [0.2, 0.25) is 0 Å². The molecule has 4 aromatic rings. The molecule has 4 aromatic carbocycles. The van der Waals surface area contributed by atoms with Crippen LogP contribution in [0.4, 0.5) is 0 Å². The summed E-state index contributed by atoms with van der Waals surface area (Å²) in [5, 5.41) is 2.08. The molecular formula is C28H23NO. The zero-order valence-electron chi connectivity index (χ0n) is 17.2. The van der Waals surface area contributed by atoms with Gasteiger partial charge in [0.15, 0.2) is 5.78 Å². The Balaban J connectivity index is 1.42. The summed E-state index contributed by atoms with van der Waals surface area (Å²) in [6.07, 6.45) is 0.767. The minimum absolute atomic E-state index is 0.0584. The van der Waals surface area contributed by atoms with E-state index in [1.165, 1.54) is 11.1 Å². The van der Waals surface area contributed by atoms with Crippen LogP contribution in [0.1, 0.15) is 46.5 Å². The van der Waals surface area contributed by atoms with Crippen LogP contribution in [0.3, 0.4) is 0 Å². The molecule has 30 heavy (non-hydrogen) atoms. The third kappa shape index (κ3) is 3.15. The molecule has 0 bridgehead atoms. The van der Waals surface area contributed by atoms with E-state index in [0.717, 1.165) is 34.0 Å². The Morgan fingerprint density at radius 3 is 2.33 bits per heavy atom. The molecule has 1 heterocycles. The largest absolute Gasteiger partial charge is 0.289 e. The van der Waals surface area contributed by atoms with Gasteiger partial charge in [-0.15, -0.1) is 0 Å². The highest BCUT2D eigenvalue weighted by Crippen LogP contribution is 2.35. The molecule has 0 unspecified atom stereocenters. The second kappa shape index (κ2) is 7.07. The number of nitrogens with zero attached hydrogens (tertiary/aromatic N) is 1. The fourth-order valence-corrected chi connectivity index (χ4v) is 4.41. The van der Waals surface area contributed by atoms with Gasteiger partial charge in [0.25, 0.3) is 0 Å². The monoisotopic (exact) mass is 389 g/mol. The Kier molecular flexibility index (Phi) is 4.36. The van der Waals surface area contributed by atoms with Crippen LogP contribution in [0, 0.1) is 0 Å². The maximum absolute atomic E-state index is 13.1. The van der Waals surface area contributed by atoms with Crippen LogP contribution < -0.4 is 0 Å². The molecule has 0 aromatic heterocycles. The molecule has 0 radical (unpaired) electrons. The average Bonchev–Trinajstić information content (AvgIpc) is 3.03. The second-order valence-electron chi connectivity index (χ2n) is 8.39. The highest BCUT2D eigenvalue weighted by molar-refractivity contribution is 6.16. The summed E-state index contributed by atoms with van der Waals surface area (Å²) >= 11 is 0. The summed E-state index contributed by atoms with van der Waals surface area (Å²) in [6, 6.07) is 30.4. The molecule has 0 saturated carbocycles. The number of carbonyl (C=O) groups excluding carboxylic acids is 1. The Labute approximate surface area is 176 Å². The van der Waals surface area contributed by atoms with Crippen LogP contribution in [-0.4, -0.2) is 11.5 Å². The van der Waals surface area contributed by atoms with E-state index in [9.17, 15) is 4.79 Å². The lowest BCUT2D eigenvalue weighted by molar-refractivity contribution is 0.104. The van der Waals surface area contributed by atoms with Crippen molar-refractivity contribution < 1.29 is 4.79 Å². The fraction of sp³-hybridized carbons (Fsp3) is 0.143. The third-order valence-electron chi connectivity index (χ3n) is 5.93. The number of aliphatic imine (C=N–C) groups is 1. The van der Waals surface area contributed by atoms with Crippen molar-refractivity contribution >= 4 is 22.3 Å². The van der Waals surface area contributed by atoms with E-state index >= 15 is 0 Å². The third-order valence-corrected chi connectivity index (χ3v) is 5.93. The van der Waals surface area contributed by atoms with E-state index in [-0.39, 0.29) is 11.3 Å². The Hall–Kier alpha value is -3.52. The van der Waals surface area contributed by atoms with E-state index in [0.29, 0.717) is 5.56 Å². The molecule has 0 N–H and O–H groups in total. The zero-order valence-corrected chi connectivity index (χ0v) is 17.2. The maximum Gasteiger partial charge on any atom is 0.193 e. The first-order valence-electron chi connectivity index (χ1n) is 10.3. The van der Waals surface area contributed by atoms with Gasteiger partial charge in [0.05, 0.1) is 5.54 Å². The number of fused-ring (bicyclic) bond motifs is 2. The van der Waals surface area contributed by atoms with E-state index in [1.807, 2.05) is 54.6 Å². The van der Waals surface area contributed by atoms with E-state index in [4.69, 9.17) is 4.99 Å². The lowest BCUT2D eigenvalue weighted by atomic mass is 9.92. The van der Waals surface area contributed by atoms with E-state index < -0.39 is 0 Å². The summed E-state index contributed by atoms with van der Waals surface area (Å²) in [5.74, 6) is 0.0584. The van der Waals surface area contributed by atoms with Gasteiger partial charge in [0, 0.05) is 28.8 Å². The average molecular weight is 389 g/mol. The number of hydrogen-bond donors (Lipinski definition) is 0. The molecule has 0 amide bonds. The molecule has 2 heteroatoms. The summed E-state index contributed by atoms with van der Waals surface area (Å²) in [6.45, 7) is 4.32. The molecule has 2 nitrogen and oxygen atoms in total. The second-order valence-corrected chi connectivity index (χ2v) is 8.39. The first-order valence-corrected chi connectivity index (χ1v) is 10.3. The normalized spacial score (nSPS) is 14.4. The van der Waals surface area contributed by atoms with Crippen LogP contribution >= 0.6 is 0 Å². The van der Waals surface area contributed by atoms with Crippen LogP contribution in [0.25, 0.3) is 10.8 Å². The zero-order chi connectivity index (χ0) is 20.7. The first-order chi connectivity index (χ1) is 14.5. The van der Waals surface area contributed by atoms with Gasteiger partial charge in [-0.2, -0.15) is 0 Å². The topological polar surface area (TPSA) is 29.4 Å². The first kappa shape index (κ1) is 18.5. The molecule has 0 spiro atoms. The minimum atomic E-state index is -0.184. The Morgan fingerprint density at radius 2 is 1.50 bits per heavy atom. The van der Waals surface area contributed by atoms with E-state index in [2.05, 4.69) is 50.2 Å². The van der Waals surface area contributed by atoms with Crippen molar-refractivity contribution in [2.75, 3.05) is 0 Å². The molecule has 146 valence electrons. The number of ketones is 1. The lowest BCUT2D eigenvalue weighted by Gasteiger charge is -2.15. The Morgan fingerprint density at radius 1 is 0.800 bits per heavy atom. The van der Waals surface area contributed by atoms with Crippen LogP contribution in [0.15, 0.2) is 96.0 Å². The number of carbonyl (C=O) groups is 1. The molecule has 5 rings (SSSR count). The Bertz CT molecular complexity index is 1290. The van der Waals surface area contributed by atoms with Crippen molar-refractivity contribution in [1.29, 1.82) is 0 Å². The maximum atomic E-state index is 13.1. The SMILES string of the molecule is CC1(C)N=C(Cc2ccc(C(=O)c3cccc4ccccc34)cc2)c2ccccc21. The van der Waals surface area contributed by atoms with Crippen LogP contribution in [0.5, 0.6) is 0 Å². The molecule has 1 aliphatic rings.